The fourth-order valence-electron chi connectivity index (χ4n) is 2.71. The van der Waals surface area contributed by atoms with Crippen molar-refractivity contribution < 1.29 is 4.79 Å². The van der Waals surface area contributed by atoms with Gasteiger partial charge in [-0.3, -0.25) is 9.48 Å². The summed E-state index contributed by atoms with van der Waals surface area (Å²) in [6, 6.07) is 13.9. The van der Waals surface area contributed by atoms with Gasteiger partial charge in [-0.1, -0.05) is 19.1 Å². The number of amides is 1. The number of aryl methyl sites for hydroxylation is 1. The summed E-state index contributed by atoms with van der Waals surface area (Å²) in [6.45, 7) is 4.80. The van der Waals surface area contributed by atoms with Crippen LogP contribution in [0.3, 0.4) is 0 Å². The lowest BCUT2D eigenvalue weighted by Gasteiger charge is -2.15. The van der Waals surface area contributed by atoms with Gasteiger partial charge in [-0.15, -0.1) is 0 Å². The molecule has 1 unspecified atom stereocenters. The van der Waals surface area contributed by atoms with E-state index in [0.29, 0.717) is 5.69 Å². The molecule has 124 valence electrons. The van der Waals surface area contributed by atoms with Crippen LogP contribution in [0.1, 0.15) is 42.4 Å². The van der Waals surface area contributed by atoms with E-state index in [9.17, 15) is 4.79 Å². The van der Waals surface area contributed by atoms with Crippen LogP contribution in [-0.2, 0) is 6.54 Å². The van der Waals surface area contributed by atoms with Gasteiger partial charge in [0.15, 0.2) is 0 Å². The van der Waals surface area contributed by atoms with Crippen molar-refractivity contribution in [2.45, 2.75) is 32.9 Å². The van der Waals surface area contributed by atoms with Gasteiger partial charge in [0.1, 0.15) is 5.69 Å². The number of benzene rings is 1. The van der Waals surface area contributed by atoms with Gasteiger partial charge in [0.05, 0.1) is 6.04 Å². The number of hydrogen-bond acceptors (Lipinski definition) is 2. The molecule has 0 radical (unpaired) electrons. The Labute approximate surface area is 141 Å². The number of hydrogen-bond donors (Lipinski definition) is 1. The maximum Gasteiger partial charge on any atom is 0.270 e. The molecule has 0 fully saturated rings. The highest BCUT2D eigenvalue weighted by atomic mass is 16.2. The first-order valence-corrected chi connectivity index (χ1v) is 8.25. The van der Waals surface area contributed by atoms with Gasteiger partial charge in [0.2, 0.25) is 0 Å². The molecule has 3 rings (SSSR count). The van der Waals surface area contributed by atoms with Gasteiger partial charge >= 0.3 is 0 Å². The van der Waals surface area contributed by atoms with Crippen LogP contribution in [0.25, 0.3) is 5.69 Å². The van der Waals surface area contributed by atoms with Crippen LogP contribution in [0, 0.1) is 0 Å². The maximum atomic E-state index is 12.5. The fraction of sp³-hybridized carbons (Fsp3) is 0.263. The number of aromatic nitrogens is 3. The standard InChI is InChI=1S/C19H22N4O/c1-3-12-23-18(10-11-20-23)19(24)21-15(2)16-6-8-17(9-7-16)22-13-4-5-14-22/h4-11,13-15H,3,12H2,1-2H3,(H,21,24). The molecule has 2 heterocycles. The highest BCUT2D eigenvalue weighted by molar-refractivity contribution is 5.92. The second-order valence-electron chi connectivity index (χ2n) is 5.82. The maximum absolute atomic E-state index is 12.5. The molecule has 2 aromatic heterocycles. The second-order valence-corrected chi connectivity index (χ2v) is 5.82. The van der Waals surface area contributed by atoms with Gasteiger partial charge in [0, 0.05) is 30.8 Å². The third kappa shape index (κ3) is 3.40. The number of nitrogens with one attached hydrogen (secondary N) is 1. The molecule has 1 atom stereocenters. The van der Waals surface area contributed by atoms with Crippen LogP contribution < -0.4 is 5.32 Å². The van der Waals surface area contributed by atoms with Crippen molar-refractivity contribution in [1.82, 2.24) is 19.7 Å². The highest BCUT2D eigenvalue weighted by Gasteiger charge is 2.15. The SMILES string of the molecule is CCCn1nccc1C(=O)NC(C)c1ccc(-n2cccc2)cc1. The van der Waals surface area contributed by atoms with Crippen LogP contribution in [0.2, 0.25) is 0 Å². The summed E-state index contributed by atoms with van der Waals surface area (Å²) >= 11 is 0. The zero-order valence-electron chi connectivity index (χ0n) is 14.0. The van der Waals surface area contributed by atoms with Crippen LogP contribution in [0.15, 0.2) is 61.1 Å². The van der Waals surface area contributed by atoms with E-state index >= 15 is 0 Å². The van der Waals surface area contributed by atoms with E-state index in [-0.39, 0.29) is 11.9 Å². The number of carbonyl (C=O) groups is 1. The molecule has 1 aromatic carbocycles. The number of carbonyl (C=O) groups excluding carboxylic acids is 1. The Kier molecular flexibility index (Phi) is 4.79. The van der Waals surface area contributed by atoms with Crippen molar-refractivity contribution in [3.8, 4) is 5.69 Å². The van der Waals surface area contributed by atoms with Crippen molar-refractivity contribution in [2.75, 3.05) is 0 Å². The average molecular weight is 322 g/mol. The molecule has 0 bridgehead atoms. The normalized spacial score (nSPS) is 12.1. The van der Waals surface area contributed by atoms with Crippen LogP contribution in [0.4, 0.5) is 0 Å². The summed E-state index contributed by atoms with van der Waals surface area (Å²) in [5, 5.41) is 7.25. The minimum Gasteiger partial charge on any atom is -0.344 e. The lowest BCUT2D eigenvalue weighted by Crippen LogP contribution is -2.29. The summed E-state index contributed by atoms with van der Waals surface area (Å²) in [5.41, 5.74) is 2.77. The van der Waals surface area contributed by atoms with E-state index in [2.05, 4.69) is 34.0 Å². The van der Waals surface area contributed by atoms with Gasteiger partial charge in [-0.2, -0.15) is 5.10 Å². The van der Waals surface area contributed by atoms with E-state index in [0.717, 1.165) is 24.2 Å². The second kappa shape index (κ2) is 7.17. The molecule has 5 heteroatoms. The van der Waals surface area contributed by atoms with Crippen LogP contribution >= 0.6 is 0 Å². The number of rotatable bonds is 6. The topological polar surface area (TPSA) is 51.9 Å². The zero-order chi connectivity index (χ0) is 16.9. The quantitative estimate of drug-likeness (QED) is 0.754. The molecule has 0 spiro atoms. The first-order chi connectivity index (χ1) is 11.7. The molecular formula is C19H22N4O. The highest BCUT2D eigenvalue weighted by Crippen LogP contribution is 2.16. The summed E-state index contributed by atoms with van der Waals surface area (Å²) in [7, 11) is 0. The lowest BCUT2D eigenvalue weighted by atomic mass is 10.1. The third-order valence-corrected chi connectivity index (χ3v) is 4.03. The van der Waals surface area contributed by atoms with E-state index in [4.69, 9.17) is 0 Å². The summed E-state index contributed by atoms with van der Waals surface area (Å²) in [5.74, 6) is -0.0945. The van der Waals surface area contributed by atoms with Crippen molar-refractivity contribution in [3.05, 3.63) is 72.3 Å². The molecule has 3 aromatic rings. The summed E-state index contributed by atoms with van der Waals surface area (Å²) in [4.78, 5) is 12.5. The molecule has 1 amide bonds. The van der Waals surface area contributed by atoms with E-state index in [1.807, 2.05) is 43.6 Å². The molecule has 5 nitrogen and oxygen atoms in total. The predicted octanol–water partition coefficient (Wildman–Crippen LogP) is 3.57. The van der Waals surface area contributed by atoms with Gasteiger partial charge in [0.25, 0.3) is 5.91 Å². The molecule has 0 aliphatic heterocycles. The van der Waals surface area contributed by atoms with Crippen molar-refractivity contribution >= 4 is 5.91 Å². The Balaban J connectivity index is 1.69. The Morgan fingerprint density at radius 1 is 1.17 bits per heavy atom. The largest absolute Gasteiger partial charge is 0.344 e. The molecule has 1 N–H and O–H groups in total. The average Bonchev–Trinajstić information content (AvgIpc) is 3.27. The molecule has 0 aliphatic rings. The Morgan fingerprint density at radius 2 is 1.88 bits per heavy atom. The van der Waals surface area contributed by atoms with Gasteiger partial charge in [-0.05, 0) is 49.2 Å². The molecule has 0 saturated carbocycles. The monoisotopic (exact) mass is 322 g/mol. The first kappa shape index (κ1) is 16.1. The fourth-order valence-corrected chi connectivity index (χ4v) is 2.71. The predicted molar refractivity (Wildman–Crippen MR) is 94.2 cm³/mol. The zero-order valence-corrected chi connectivity index (χ0v) is 14.0. The van der Waals surface area contributed by atoms with E-state index in [1.54, 1.807) is 16.9 Å². The van der Waals surface area contributed by atoms with Gasteiger partial charge < -0.3 is 9.88 Å². The van der Waals surface area contributed by atoms with Crippen LogP contribution in [0.5, 0.6) is 0 Å². The molecular weight excluding hydrogens is 300 g/mol. The lowest BCUT2D eigenvalue weighted by molar-refractivity contribution is 0.0928. The molecule has 0 aliphatic carbocycles. The Bertz CT molecular complexity index is 787. The van der Waals surface area contributed by atoms with Gasteiger partial charge in [-0.25, -0.2) is 0 Å². The first-order valence-electron chi connectivity index (χ1n) is 8.25. The Hall–Kier alpha value is -2.82. The van der Waals surface area contributed by atoms with Crippen LogP contribution in [-0.4, -0.2) is 20.3 Å². The van der Waals surface area contributed by atoms with E-state index in [1.165, 1.54) is 0 Å². The third-order valence-electron chi connectivity index (χ3n) is 4.03. The van der Waals surface area contributed by atoms with Crippen molar-refractivity contribution in [1.29, 1.82) is 0 Å². The smallest absolute Gasteiger partial charge is 0.270 e. The molecule has 0 saturated heterocycles. The minimum absolute atomic E-state index is 0.0683. The Morgan fingerprint density at radius 3 is 2.54 bits per heavy atom. The number of nitrogens with zero attached hydrogens (tertiary/aromatic N) is 3. The molecule has 24 heavy (non-hydrogen) atoms. The van der Waals surface area contributed by atoms with Crippen molar-refractivity contribution in [2.24, 2.45) is 0 Å². The summed E-state index contributed by atoms with van der Waals surface area (Å²) < 4.78 is 3.80. The van der Waals surface area contributed by atoms with Crippen molar-refractivity contribution in [3.63, 3.8) is 0 Å². The summed E-state index contributed by atoms with van der Waals surface area (Å²) in [6.07, 6.45) is 6.63. The minimum atomic E-state index is -0.0945. The van der Waals surface area contributed by atoms with E-state index < -0.39 is 0 Å².